The number of hydrogen-bond donors (Lipinski definition) is 0. The molecule has 2 aromatic heterocycles. The Hall–Kier alpha value is -2.64. The van der Waals surface area contributed by atoms with Crippen LogP contribution in [0.15, 0.2) is 64.3 Å². The molecule has 0 radical (unpaired) electrons. The summed E-state index contributed by atoms with van der Waals surface area (Å²) >= 11 is 7.47. The van der Waals surface area contributed by atoms with Gasteiger partial charge < -0.3 is 9.09 Å². The average molecular weight is 398 g/mol. The molecule has 2 aromatic carbocycles. The van der Waals surface area contributed by atoms with Crippen LogP contribution in [0.2, 0.25) is 5.02 Å². The molecule has 0 aliphatic carbocycles. The van der Waals surface area contributed by atoms with Crippen LogP contribution < -0.4 is 0 Å². The topological polar surface area (TPSA) is 69.6 Å². The monoisotopic (exact) mass is 397 g/mol. The van der Waals surface area contributed by atoms with E-state index >= 15 is 0 Å². The Morgan fingerprint density at radius 1 is 1.00 bits per heavy atom. The first-order valence-corrected chi connectivity index (χ1v) is 9.58. The Kier molecular flexibility index (Phi) is 4.96. The zero-order valence-corrected chi connectivity index (χ0v) is 16.3. The Balaban J connectivity index is 1.53. The smallest absolute Gasteiger partial charge is 0.240 e. The Labute approximate surface area is 165 Å². The predicted molar refractivity (Wildman–Crippen MR) is 105 cm³/mol. The standard InChI is InChI=1S/C19H16ClN5OS/c1-12(18-21-16(24-26-18)13-6-4-3-5-7-13)27-19-23-22-17(25(19)2)14-8-10-15(20)11-9-14/h3-12H,1-2H3. The summed E-state index contributed by atoms with van der Waals surface area (Å²) in [5, 5.41) is 14.1. The largest absolute Gasteiger partial charge is 0.338 e. The molecule has 0 aliphatic rings. The molecule has 4 rings (SSSR count). The van der Waals surface area contributed by atoms with Crippen molar-refractivity contribution in [3.05, 3.63) is 65.5 Å². The molecule has 1 atom stereocenters. The summed E-state index contributed by atoms with van der Waals surface area (Å²) in [5.74, 6) is 1.91. The van der Waals surface area contributed by atoms with Gasteiger partial charge in [-0.25, -0.2) is 0 Å². The van der Waals surface area contributed by atoms with Gasteiger partial charge in [-0.15, -0.1) is 10.2 Å². The van der Waals surface area contributed by atoms with E-state index in [0.29, 0.717) is 16.7 Å². The van der Waals surface area contributed by atoms with Crippen molar-refractivity contribution in [2.45, 2.75) is 17.3 Å². The maximum atomic E-state index is 5.96. The fourth-order valence-corrected chi connectivity index (χ4v) is 3.55. The van der Waals surface area contributed by atoms with Gasteiger partial charge in [0.1, 0.15) is 0 Å². The highest BCUT2D eigenvalue weighted by atomic mass is 35.5. The fourth-order valence-electron chi connectivity index (χ4n) is 2.58. The van der Waals surface area contributed by atoms with E-state index in [9.17, 15) is 0 Å². The molecule has 27 heavy (non-hydrogen) atoms. The molecular formula is C19H16ClN5OS. The van der Waals surface area contributed by atoms with Crippen LogP contribution in [0.5, 0.6) is 0 Å². The summed E-state index contributed by atoms with van der Waals surface area (Å²) in [7, 11) is 1.93. The van der Waals surface area contributed by atoms with Gasteiger partial charge in [0.2, 0.25) is 11.7 Å². The zero-order valence-electron chi connectivity index (χ0n) is 14.7. The molecule has 4 aromatic rings. The van der Waals surface area contributed by atoms with Gasteiger partial charge in [-0.1, -0.05) is 58.9 Å². The van der Waals surface area contributed by atoms with Crippen LogP contribution in [0.25, 0.3) is 22.8 Å². The molecule has 0 saturated carbocycles. The number of rotatable bonds is 5. The van der Waals surface area contributed by atoms with Gasteiger partial charge in [0, 0.05) is 23.2 Å². The van der Waals surface area contributed by atoms with Crippen molar-refractivity contribution in [3.63, 3.8) is 0 Å². The Morgan fingerprint density at radius 3 is 2.48 bits per heavy atom. The summed E-state index contributed by atoms with van der Waals surface area (Å²) < 4.78 is 7.39. The van der Waals surface area contributed by atoms with Crippen LogP contribution in [0.3, 0.4) is 0 Å². The highest BCUT2D eigenvalue weighted by Crippen LogP contribution is 2.34. The molecule has 1 unspecified atom stereocenters. The first-order chi connectivity index (χ1) is 13.1. The lowest BCUT2D eigenvalue weighted by Gasteiger charge is -2.06. The number of hydrogen-bond acceptors (Lipinski definition) is 6. The number of nitrogens with zero attached hydrogens (tertiary/aromatic N) is 5. The minimum Gasteiger partial charge on any atom is -0.338 e. The van der Waals surface area contributed by atoms with Gasteiger partial charge in [-0.05, 0) is 31.2 Å². The van der Waals surface area contributed by atoms with Crippen molar-refractivity contribution in [2.24, 2.45) is 7.05 Å². The minimum atomic E-state index is -0.0593. The zero-order chi connectivity index (χ0) is 18.8. The lowest BCUT2D eigenvalue weighted by atomic mass is 10.2. The predicted octanol–water partition coefficient (Wildman–Crippen LogP) is 5.04. The molecule has 136 valence electrons. The van der Waals surface area contributed by atoms with Gasteiger partial charge in [0.15, 0.2) is 11.0 Å². The first kappa shape index (κ1) is 17.8. The third-order valence-corrected chi connectivity index (χ3v) is 5.41. The van der Waals surface area contributed by atoms with Gasteiger partial charge in [-0.2, -0.15) is 4.98 Å². The first-order valence-electron chi connectivity index (χ1n) is 8.33. The fraction of sp³-hybridized carbons (Fsp3) is 0.158. The van der Waals surface area contributed by atoms with Crippen LogP contribution in [0.4, 0.5) is 0 Å². The molecule has 0 N–H and O–H groups in total. The molecule has 0 bridgehead atoms. The summed E-state index contributed by atoms with van der Waals surface area (Å²) in [4.78, 5) is 4.51. The summed E-state index contributed by atoms with van der Waals surface area (Å²) in [6, 6.07) is 17.3. The minimum absolute atomic E-state index is 0.0593. The van der Waals surface area contributed by atoms with Crippen molar-refractivity contribution in [3.8, 4) is 22.8 Å². The van der Waals surface area contributed by atoms with Gasteiger partial charge in [0.05, 0.1) is 5.25 Å². The second kappa shape index (κ2) is 7.54. The normalized spacial score (nSPS) is 12.3. The number of halogens is 1. The summed E-state index contributed by atoms with van der Waals surface area (Å²) in [5.41, 5.74) is 1.88. The van der Waals surface area contributed by atoms with E-state index in [1.807, 2.05) is 73.1 Å². The highest BCUT2D eigenvalue weighted by molar-refractivity contribution is 7.99. The maximum absolute atomic E-state index is 5.96. The quantitative estimate of drug-likeness (QED) is 0.439. The van der Waals surface area contributed by atoms with Gasteiger partial charge in [0.25, 0.3) is 0 Å². The van der Waals surface area contributed by atoms with Crippen molar-refractivity contribution in [1.82, 2.24) is 24.9 Å². The lowest BCUT2D eigenvalue weighted by molar-refractivity contribution is 0.380. The third kappa shape index (κ3) is 3.74. The molecule has 0 amide bonds. The third-order valence-electron chi connectivity index (χ3n) is 4.04. The molecule has 0 aliphatic heterocycles. The van der Waals surface area contributed by atoms with E-state index in [-0.39, 0.29) is 5.25 Å². The average Bonchev–Trinajstić information content (AvgIpc) is 3.31. The molecule has 2 heterocycles. The second-order valence-electron chi connectivity index (χ2n) is 5.95. The lowest BCUT2D eigenvalue weighted by Crippen LogP contribution is -1.97. The van der Waals surface area contributed by atoms with Crippen molar-refractivity contribution in [1.29, 1.82) is 0 Å². The second-order valence-corrected chi connectivity index (χ2v) is 7.70. The molecule has 6 nitrogen and oxygen atoms in total. The van der Waals surface area contributed by atoms with Crippen LogP contribution in [0.1, 0.15) is 18.1 Å². The van der Waals surface area contributed by atoms with E-state index in [1.54, 1.807) is 0 Å². The van der Waals surface area contributed by atoms with Gasteiger partial charge >= 0.3 is 0 Å². The van der Waals surface area contributed by atoms with Crippen molar-refractivity contribution in [2.75, 3.05) is 0 Å². The van der Waals surface area contributed by atoms with Crippen LogP contribution >= 0.6 is 23.4 Å². The molecule has 0 saturated heterocycles. The number of aromatic nitrogens is 5. The SMILES string of the molecule is CC(Sc1nnc(-c2ccc(Cl)cc2)n1C)c1nc(-c2ccccc2)no1. The summed E-state index contributed by atoms with van der Waals surface area (Å²) in [6.45, 7) is 2.00. The summed E-state index contributed by atoms with van der Waals surface area (Å²) in [6.07, 6.45) is 0. The van der Waals surface area contributed by atoms with Crippen molar-refractivity contribution < 1.29 is 4.52 Å². The van der Waals surface area contributed by atoms with E-state index in [1.165, 1.54) is 11.8 Å². The van der Waals surface area contributed by atoms with E-state index < -0.39 is 0 Å². The van der Waals surface area contributed by atoms with Crippen LogP contribution in [-0.4, -0.2) is 24.9 Å². The van der Waals surface area contributed by atoms with E-state index in [2.05, 4.69) is 20.3 Å². The molecule has 0 fully saturated rings. The maximum Gasteiger partial charge on any atom is 0.240 e. The van der Waals surface area contributed by atoms with E-state index in [4.69, 9.17) is 16.1 Å². The Morgan fingerprint density at radius 2 is 1.74 bits per heavy atom. The molecule has 0 spiro atoms. The van der Waals surface area contributed by atoms with E-state index in [0.717, 1.165) is 22.1 Å². The van der Waals surface area contributed by atoms with Crippen molar-refractivity contribution >= 4 is 23.4 Å². The number of benzene rings is 2. The molecular weight excluding hydrogens is 382 g/mol. The van der Waals surface area contributed by atoms with Crippen LogP contribution in [-0.2, 0) is 7.05 Å². The van der Waals surface area contributed by atoms with Crippen LogP contribution in [0, 0.1) is 0 Å². The molecule has 8 heteroatoms. The number of thioether (sulfide) groups is 1. The Bertz CT molecular complexity index is 1050. The highest BCUT2D eigenvalue weighted by Gasteiger charge is 2.20. The van der Waals surface area contributed by atoms with Gasteiger partial charge in [-0.3, -0.25) is 0 Å².